The van der Waals surface area contributed by atoms with E-state index in [4.69, 9.17) is 16.3 Å². The topological polar surface area (TPSA) is 61.9 Å². The summed E-state index contributed by atoms with van der Waals surface area (Å²) in [6.07, 6.45) is 2.52. The highest BCUT2D eigenvalue weighted by molar-refractivity contribution is 7.98. The van der Waals surface area contributed by atoms with E-state index in [1.165, 1.54) is 24.1 Å². The van der Waals surface area contributed by atoms with Crippen LogP contribution in [-0.4, -0.2) is 26.2 Å². The summed E-state index contributed by atoms with van der Waals surface area (Å²) in [6, 6.07) is 10.3. The highest BCUT2D eigenvalue weighted by atomic mass is 35.5. The van der Waals surface area contributed by atoms with Gasteiger partial charge in [-0.1, -0.05) is 29.4 Å². The number of aryl methyl sites for hydroxylation is 1. The number of hydrogen-bond acceptors (Lipinski definition) is 5. The number of nitrogens with zero attached hydrogens (tertiary/aromatic N) is 4. The lowest BCUT2D eigenvalue weighted by Gasteiger charge is -2.16. The first-order valence-electron chi connectivity index (χ1n) is 9.19. The zero-order valence-electron chi connectivity index (χ0n) is 16.6. The van der Waals surface area contributed by atoms with Crippen LogP contribution in [0.3, 0.4) is 0 Å². The molecule has 0 saturated heterocycles. The van der Waals surface area contributed by atoms with Crippen LogP contribution >= 0.6 is 23.4 Å². The quantitative estimate of drug-likeness (QED) is 0.289. The lowest BCUT2D eigenvalue weighted by molar-refractivity contribution is 0.0678. The van der Waals surface area contributed by atoms with Crippen LogP contribution in [0.2, 0.25) is 5.02 Å². The number of hydrogen-bond donors (Lipinski definition) is 0. The molecule has 2 aromatic heterocycles. The van der Waals surface area contributed by atoms with E-state index in [9.17, 15) is 13.6 Å². The van der Waals surface area contributed by atoms with E-state index in [1.807, 2.05) is 19.1 Å². The molecule has 2 heterocycles. The van der Waals surface area contributed by atoms with E-state index in [-0.39, 0.29) is 17.1 Å². The zero-order chi connectivity index (χ0) is 22.1. The summed E-state index contributed by atoms with van der Waals surface area (Å²) in [4.78, 5) is 22.1. The number of aromatic nitrogens is 4. The fraction of sp³-hybridized carbons (Fsp3) is 0.190. The molecule has 0 N–H and O–H groups in total. The molecule has 0 bridgehead atoms. The van der Waals surface area contributed by atoms with Crippen molar-refractivity contribution in [3.05, 3.63) is 75.6 Å². The number of alkyl halides is 2. The van der Waals surface area contributed by atoms with Gasteiger partial charge in [-0.05, 0) is 42.8 Å². The van der Waals surface area contributed by atoms with Gasteiger partial charge in [-0.15, -0.1) is 0 Å². The van der Waals surface area contributed by atoms with Gasteiger partial charge in [0.05, 0.1) is 29.5 Å². The van der Waals surface area contributed by atoms with Crippen molar-refractivity contribution < 1.29 is 13.5 Å². The van der Waals surface area contributed by atoms with E-state index < -0.39 is 6.55 Å². The van der Waals surface area contributed by atoms with Crippen LogP contribution in [0.15, 0.2) is 58.7 Å². The van der Waals surface area contributed by atoms with Crippen molar-refractivity contribution in [2.24, 2.45) is 0 Å². The van der Waals surface area contributed by atoms with E-state index in [0.29, 0.717) is 32.5 Å². The second kappa shape index (κ2) is 8.68. The summed E-state index contributed by atoms with van der Waals surface area (Å²) in [7, 11) is 1.51. The summed E-state index contributed by atoms with van der Waals surface area (Å²) in [5.41, 5.74) is 1.53. The normalized spacial score (nSPS) is 11.4. The first kappa shape index (κ1) is 21.3. The molecule has 0 radical (unpaired) electrons. The Bertz CT molecular complexity index is 1320. The molecule has 0 aliphatic carbocycles. The van der Waals surface area contributed by atoms with Crippen molar-refractivity contribution in [2.75, 3.05) is 7.11 Å². The predicted molar refractivity (Wildman–Crippen MR) is 117 cm³/mol. The van der Waals surface area contributed by atoms with E-state index in [1.54, 1.807) is 24.3 Å². The van der Waals surface area contributed by atoms with Crippen molar-refractivity contribution in [3.8, 4) is 11.4 Å². The van der Waals surface area contributed by atoms with Crippen molar-refractivity contribution >= 4 is 34.3 Å². The summed E-state index contributed by atoms with van der Waals surface area (Å²) in [5.74, 6) is 0.742. The lowest BCUT2D eigenvalue weighted by Crippen LogP contribution is -2.22. The average Bonchev–Trinajstić information content (AvgIpc) is 3.21. The highest BCUT2D eigenvalue weighted by Crippen LogP contribution is 2.30. The Morgan fingerprint density at radius 1 is 1.23 bits per heavy atom. The van der Waals surface area contributed by atoms with Gasteiger partial charge in [-0.3, -0.25) is 13.9 Å². The Kier molecular flexibility index (Phi) is 5.97. The molecule has 31 heavy (non-hydrogen) atoms. The van der Waals surface area contributed by atoms with E-state index in [2.05, 4.69) is 9.97 Å². The standard InChI is InChI=1S/C21H17ClF2N4O2S/c1-12-3-6-17(30-2)16(9-12)28-19(29)14-5-4-13(22)10-15(14)26-21(28)31-11-18-25-7-8-27(18)20(23)24/h3-10,20H,11H2,1-2H3. The Hall–Kier alpha value is -2.91. The molecule has 2 aromatic carbocycles. The number of halogens is 3. The summed E-state index contributed by atoms with van der Waals surface area (Å²) < 4.78 is 34.1. The molecule has 4 rings (SSSR count). The molecule has 0 spiro atoms. The fourth-order valence-corrected chi connectivity index (χ4v) is 4.31. The number of imidazole rings is 1. The number of ether oxygens (including phenoxy) is 1. The Labute approximate surface area is 185 Å². The molecule has 0 aliphatic rings. The van der Waals surface area contributed by atoms with Crippen molar-refractivity contribution in [2.45, 2.75) is 24.4 Å². The van der Waals surface area contributed by atoms with Crippen LogP contribution in [0.25, 0.3) is 16.6 Å². The molecular weight excluding hydrogens is 446 g/mol. The fourth-order valence-electron chi connectivity index (χ4n) is 3.19. The van der Waals surface area contributed by atoms with Gasteiger partial charge in [0, 0.05) is 17.4 Å². The van der Waals surface area contributed by atoms with Gasteiger partial charge >= 0.3 is 6.55 Å². The molecule has 4 aromatic rings. The van der Waals surface area contributed by atoms with Gasteiger partial charge < -0.3 is 4.74 Å². The number of rotatable bonds is 6. The van der Waals surface area contributed by atoms with Crippen molar-refractivity contribution in [1.82, 2.24) is 19.1 Å². The van der Waals surface area contributed by atoms with E-state index in [0.717, 1.165) is 21.9 Å². The van der Waals surface area contributed by atoms with E-state index >= 15 is 0 Å². The Morgan fingerprint density at radius 2 is 2.03 bits per heavy atom. The molecule has 0 amide bonds. The summed E-state index contributed by atoms with van der Waals surface area (Å²) in [6.45, 7) is -0.811. The van der Waals surface area contributed by atoms with Gasteiger partial charge in [0.1, 0.15) is 11.6 Å². The second-order valence-corrected chi connectivity index (χ2v) is 8.07. The van der Waals surface area contributed by atoms with Gasteiger partial charge in [-0.25, -0.2) is 9.97 Å². The summed E-state index contributed by atoms with van der Waals surface area (Å²) >= 11 is 7.22. The van der Waals surface area contributed by atoms with Gasteiger partial charge in [-0.2, -0.15) is 8.78 Å². The van der Waals surface area contributed by atoms with Crippen LogP contribution in [0.4, 0.5) is 8.78 Å². The maximum absolute atomic E-state index is 13.4. The third-order valence-electron chi connectivity index (χ3n) is 4.67. The van der Waals surface area contributed by atoms with Gasteiger partial charge in [0.25, 0.3) is 5.56 Å². The number of benzene rings is 2. The molecule has 0 saturated carbocycles. The SMILES string of the molecule is COc1ccc(C)cc1-n1c(SCc2nccn2C(F)F)nc2cc(Cl)ccc2c1=O. The van der Waals surface area contributed by atoms with Crippen LogP contribution in [0, 0.1) is 6.92 Å². The van der Waals surface area contributed by atoms with Crippen LogP contribution in [-0.2, 0) is 5.75 Å². The van der Waals surface area contributed by atoms with Crippen LogP contribution in [0.5, 0.6) is 5.75 Å². The lowest BCUT2D eigenvalue weighted by atomic mass is 10.2. The van der Waals surface area contributed by atoms with Gasteiger partial charge in [0.2, 0.25) is 0 Å². The third kappa shape index (κ3) is 4.15. The Balaban J connectivity index is 1.90. The second-order valence-electron chi connectivity index (χ2n) is 6.69. The highest BCUT2D eigenvalue weighted by Gasteiger charge is 2.19. The Morgan fingerprint density at radius 3 is 2.77 bits per heavy atom. The molecule has 0 fully saturated rings. The first-order chi connectivity index (χ1) is 14.9. The van der Waals surface area contributed by atoms with Crippen molar-refractivity contribution in [1.29, 1.82) is 0 Å². The first-order valence-corrected chi connectivity index (χ1v) is 10.6. The van der Waals surface area contributed by atoms with Crippen LogP contribution in [0.1, 0.15) is 17.9 Å². The maximum Gasteiger partial charge on any atom is 0.319 e. The number of fused-ring (bicyclic) bond motifs is 1. The zero-order valence-corrected chi connectivity index (χ0v) is 18.1. The monoisotopic (exact) mass is 462 g/mol. The van der Waals surface area contributed by atoms with Crippen molar-refractivity contribution in [3.63, 3.8) is 0 Å². The minimum atomic E-state index is -2.71. The summed E-state index contributed by atoms with van der Waals surface area (Å²) in [5, 5.41) is 1.13. The molecule has 0 unspecified atom stereocenters. The van der Waals surface area contributed by atoms with Crippen LogP contribution < -0.4 is 10.3 Å². The molecule has 10 heteroatoms. The number of methoxy groups -OCH3 is 1. The molecule has 6 nitrogen and oxygen atoms in total. The molecule has 0 aliphatic heterocycles. The third-order valence-corrected chi connectivity index (χ3v) is 5.84. The molecule has 0 atom stereocenters. The molecule has 160 valence electrons. The largest absolute Gasteiger partial charge is 0.495 e. The maximum atomic E-state index is 13.4. The minimum Gasteiger partial charge on any atom is -0.495 e. The smallest absolute Gasteiger partial charge is 0.319 e. The average molecular weight is 463 g/mol. The molecular formula is C21H17ClF2N4O2S. The minimum absolute atomic E-state index is 0.0873. The predicted octanol–water partition coefficient (Wildman–Crippen LogP) is 5.24. The van der Waals surface area contributed by atoms with Gasteiger partial charge in [0.15, 0.2) is 5.16 Å². The number of thioether (sulfide) groups is 1.